The van der Waals surface area contributed by atoms with Gasteiger partial charge in [0.1, 0.15) is 23.2 Å². The Bertz CT molecular complexity index is 803. The molecule has 2 heterocycles. The maximum atomic E-state index is 13.1. The maximum absolute atomic E-state index is 13.1. The zero-order chi connectivity index (χ0) is 20.1. The number of hydrogen-bond donors (Lipinski definition) is 0. The molecule has 7 heteroatoms. The molecule has 1 aromatic heterocycles. The summed E-state index contributed by atoms with van der Waals surface area (Å²) in [5.74, 6) is 1.09. The summed E-state index contributed by atoms with van der Waals surface area (Å²) in [5.41, 5.74) is 1.42. The lowest BCUT2D eigenvalue weighted by atomic mass is 10.2. The minimum atomic E-state index is -0.239. The molecular formula is C21H28FN5O. The molecule has 0 unspecified atom stereocenters. The first-order valence-corrected chi connectivity index (χ1v) is 9.84. The zero-order valence-corrected chi connectivity index (χ0v) is 16.9. The van der Waals surface area contributed by atoms with E-state index in [-0.39, 0.29) is 11.7 Å². The second-order valence-electron chi connectivity index (χ2n) is 7.19. The van der Waals surface area contributed by atoms with Gasteiger partial charge >= 0.3 is 0 Å². The first-order valence-electron chi connectivity index (χ1n) is 9.84. The third-order valence-corrected chi connectivity index (χ3v) is 5.04. The Hall–Kier alpha value is -2.70. The van der Waals surface area contributed by atoms with Crippen molar-refractivity contribution in [3.05, 3.63) is 47.7 Å². The minimum Gasteiger partial charge on any atom is -0.368 e. The molecule has 1 aromatic carbocycles. The van der Waals surface area contributed by atoms with Crippen molar-refractivity contribution in [3.8, 4) is 0 Å². The Morgan fingerprint density at radius 1 is 1.14 bits per heavy atom. The molecule has 1 aliphatic heterocycles. The number of carbonyl (C=O) groups is 1. The average Bonchev–Trinajstić information content (AvgIpc) is 2.71. The van der Waals surface area contributed by atoms with E-state index in [0.717, 1.165) is 30.9 Å². The first-order chi connectivity index (χ1) is 13.5. The topological polar surface area (TPSA) is 52.6 Å². The SMILES string of the molecule is CCCCN(C)c1cc(C(=O)N2CCN(c3ccc(F)cc3)CC2)nc(C)n1. The highest BCUT2D eigenvalue weighted by Gasteiger charge is 2.24. The summed E-state index contributed by atoms with van der Waals surface area (Å²) in [6, 6.07) is 8.27. The molecule has 150 valence electrons. The van der Waals surface area contributed by atoms with E-state index in [1.807, 2.05) is 18.9 Å². The summed E-state index contributed by atoms with van der Waals surface area (Å²) in [6.07, 6.45) is 2.19. The van der Waals surface area contributed by atoms with Crippen LogP contribution < -0.4 is 9.80 Å². The molecule has 0 atom stereocenters. The van der Waals surface area contributed by atoms with Crippen LogP contribution in [0, 0.1) is 12.7 Å². The standard InChI is InChI=1S/C21H28FN5O/c1-4-5-10-25(3)20-15-19(23-16(2)24-20)21(28)27-13-11-26(12-14-27)18-8-6-17(22)7-9-18/h6-9,15H,4-5,10-14H2,1-3H3. The number of carbonyl (C=O) groups excluding carboxylic acids is 1. The number of halogens is 1. The molecule has 0 saturated carbocycles. The van der Waals surface area contributed by atoms with E-state index in [4.69, 9.17) is 0 Å². The summed E-state index contributed by atoms with van der Waals surface area (Å²) >= 11 is 0. The van der Waals surface area contributed by atoms with Crippen molar-refractivity contribution in [1.82, 2.24) is 14.9 Å². The third-order valence-electron chi connectivity index (χ3n) is 5.04. The fraction of sp³-hybridized carbons (Fsp3) is 0.476. The summed E-state index contributed by atoms with van der Waals surface area (Å²) in [6.45, 7) is 7.52. The number of rotatable bonds is 6. The van der Waals surface area contributed by atoms with Crippen molar-refractivity contribution in [1.29, 1.82) is 0 Å². The first kappa shape index (κ1) is 20.0. The van der Waals surface area contributed by atoms with Gasteiger partial charge in [-0.1, -0.05) is 13.3 Å². The number of amides is 1. The number of anilines is 2. The van der Waals surface area contributed by atoms with Crippen LogP contribution in [0.3, 0.4) is 0 Å². The van der Waals surface area contributed by atoms with Gasteiger partial charge in [-0.3, -0.25) is 4.79 Å². The van der Waals surface area contributed by atoms with Gasteiger partial charge < -0.3 is 14.7 Å². The Kier molecular flexibility index (Phi) is 6.44. The lowest BCUT2D eigenvalue weighted by Crippen LogP contribution is -2.49. The smallest absolute Gasteiger partial charge is 0.272 e. The number of piperazine rings is 1. The van der Waals surface area contributed by atoms with Crippen LogP contribution in [0.2, 0.25) is 0 Å². The van der Waals surface area contributed by atoms with E-state index in [0.29, 0.717) is 37.7 Å². The highest BCUT2D eigenvalue weighted by Crippen LogP contribution is 2.19. The Morgan fingerprint density at radius 3 is 2.46 bits per heavy atom. The van der Waals surface area contributed by atoms with Gasteiger partial charge in [0.2, 0.25) is 0 Å². The molecule has 0 radical (unpaired) electrons. The minimum absolute atomic E-state index is 0.0607. The average molecular weight is 385 g/mol. The van der Waals surface area contributed by atoms with Crippen molar-refractivity contribution in [2.45, 2.75) is 26.7 Å². The van der Waals surface area contributed by atoms with Crippen LogP contribution in [-0.2, 0) is 0 Å². The van der Waals surface area contributed by atoms with Crippen LogP contribution >= 0.6 is 0 Å². The molecule has 0 N–H and O–H groups in total. The van der Waals surface area contributed by atoms with Crippen molar-refractivity contribution in [2.75, 3.05) is 49.6 Å². The number of hydrogen-bond acceptors (Lipinski definition) is 5. The lowest BCUT2D eigenvalue weighted by molar-refractivity contribution is 0.0740. The number of nitrogens with zero attached hydrogens (tertiary/aromatic N) is 5. The maximum Gasteiger partial charge on any atom is 0.272 e. The third kappa shape index (κ3) is 4.77. The molecule has 28 heavy (non-hydrogen) atoms. The highest BCUT2D eigenvalue weighted by atomic mass is 19.1. The molecule has 3 rings (SSSR count). The Morgan fingerprint density at radius 2 is 1.82 bits per heavy atom. The van der Waals surface area contributed by atoms with Gasteiger partial charge in [0.05, 0.1) is 0 Å². The number of aromatic nitrogens is 2. The van der Waals surface area contributed by atoms with E-state index in [9.17, 15) is 9.18 Å². The van der Waals surface area contributed by atoms with E-state index in [1.54, 1.807) is 18.2 Å². The predicted octanol–water partition coefficient (Wildman–Crippen LogP) is 3.12. The molecule has 1 saturated heterocycles. The van der Waals surface area contributed by atoms with Gasteiger partial charge in [0, 0.05) is 51.5 Å². The normalized spacial score (nSPS) is 14.3. The summed E-state index contributed by atoms with van der Waals surface area (Å²) in [5, 5.41) is 0. The highest BCUT2D eigenvalue weighted by molar-refractivity contribution is 5.93. The lowest BCUT2D eigenvalue weighted by Gasteiger charge is -2.36. The van der Waals surface area contributed by atoms with Gasteiger partial charge in [-0.05, 0) is 37.6 Å². The molecule has 1 aliphatic rings. The van der Waals surface area contributed by atoms with E-state index >= 15 is 0 Å². The van der Waals surface area contributed by atoms with Gasteiger partial charge in [0.15, 0.2) is 0 Å². The number of aryl methyl sites for hydroxylation is 1. The molecule has 0 spiro atoms. The van der Waals surface area contributed by atoms with Crippen molar-refractivity contribution >= 4 is 17.4 Å². The fourth-order valence-corrected chi connectivity index (χ4v) is 3.35. The van der Waals surface area contributed by atoms with Crippen LogP contribution in [0.4, 0.5) is 15.9 Å². The monoisotopic (exact) mass is 385 g/mol. The molecule has 0 aliphatic carbocycles. The second kappa shape index (κ2) is 8.99. The Balaban J connectivity index is 1.66. The van der Waals surface area contributed by atoms with Crippen LogP contribution in [0.15, 0.2) is 30.3 Å². The van der Waals surface area contributed by atoms with Crippen molar-refractivity contribution in [2.24, 2.45) is 0 Å². The quantitative estimate of drug-likeness (QED) is 0.765. The summed E-state index contributed by atoms with van der Waals surface area (Å²) < 4.78 is 13.1. The van der Waals surface area contributed by atoms with E-state index in [2.05, 4.69) is 26.7 Å². The predicted molar refractivity (Wildman–Crippen MR) is 109 cm³/mol. The Labute approximate surface area is 166 Å². The zero-order valence-electron chi connectivity index (χ0n) is 16.9. The van der Waals surface area contributed by atoms with Gasteiger partial charge in [-0.2, -0.15) is 0 Å². The van der Waals surface area contributed by atoms with Crippen LogP contribution in [0.1, 0.15) is 36.1 Å². The molecule has 1 amide bonds. The van der Waals surface area contributed by atoms with Crippen LogP contribution in [0.5, 0.6) is 0 Å². The van der Waals surface area contributed by atoms with Crippen LogP contribution in [-0.4, -0.2) is 60.5 Å². The van der Waals surface area contributed by atoms with Crippen LogP contribution in [0.25, 0.3) is 0 Å². The molecular weight excluding hydrogens is 357 g/mol. The molecule has 0 bridgehead atoms. The fourth-order valence-electron chi connectivity index (χ4n) is 3.35. The van der Waals surface area contributed by atoms with Crippen molar-refractivity contribution in [3.63, 3.8) is 0 Å². The molecule has 2 aromatic rings. The number of benzene rings is 1. The van der Waals surface area contributed by atoms with E-state index in [1.165, 1.54) is 12.1 Å². The summed E-state index contributed by atoms with van der Waals surface area (Å²) in [7, 11) is 1.99. The van der Waals surface area contributed by atoms with E-state index < -0.39 is 0 Å². The molecule has 1 fully saturated rings. The van der Waals surface area contributed by atoms with Crippen molar-refractivity contribution < 1.29 is 9.18 Å². The van der Waals surface area contributed by atoms with Gasteiger partial charge in [0.25, 0.3) is 5.91 Å². The van der Waals surface area contributed by atoms with Gasteiger partial charge in [-0.15, -0.1) is 0 Å². The van der Waals surface area contributed by atoms with Gasteiger partial charge in [-0.25, -0.2) is 14.4 Å². The largest absolute Gasteiger partial charge is 0.368 e. The molecule has 6 nitrogen and oxygen atoms in total. The second-order valence-corrected chi connectivity index (χ2v) is 7.19. The summed E-state index contributed by atoms with van der Waals surface area (Å²) in [4.78, 5) is 27.9. The number of unbranched alkanes of at least 4 members (excludes halogenated alkanes) is 1.